The number of halogens is 3. The largest absolute Gasteiger partial charge is 0.523 e. The minimum Gasteiger partial charge on any atom is -0.458 e. The zero-order chi connectivity index (χ0) is 22.2. The molecule has 1 amide bonds. The van der Waals surface area contributed by atoms with E-state index in [1.165, 1.54) is 41.5 Å². The number of esters is 1. The number of hydrogen-bond acceptors (Lipinski definition) is 8. The van der Waals surface area contributed by atoms with E-state index in [-0.39, 0.29) is 0 Å². The van der Waals surface area contributed by atoms with Gasteiger partial charge in [0.15, 0.2) is 5.54 Å². The Labute approximate surface area is 161 Å². The van der Waals surface area contributed by atoms with Gasteiger partial charge in [-0.2, -0.15) is 21.6 Å². The summed E-state index contributed by atoms with van der Waals surface area (Å²) in [5, 5.41) is 2.08. The van der Waals surface area contributed by atoms with E-state index in [1.807, 2.05) is 0 Å². The van der Waals surface area contributed by atoms with Crippen LogP contribution in [0.3, 0.4) is 0 Å². The fourth-order valence-electron chi connectivity index (χ4n) is 2.09. The van der Waals surface area contributed by atoms with Gasteiger partial charge in [-0.25, -0.2) is 9.59 Å². The molecule has 1 rings (SSSR count). The third-order valence-electron chi connectivity index (χ3n) is 3.16. The molecule has 0 aromatic carbocycles. The van der Waals surface area contributed by atoms with Crippen LogP contribution in [0.5, 0.6) is 0 Å². The summed E-state index contributed by atoms with van der Waals surface area (Å²) in [6.45, 7) is 7.57. The smallest absolute Gasteiger partial charge is 0.458 e. The van der Waals surface area contributed by atoms with Gasteiger partial charge in [-0.1, -0.05) is 0 Å². The van der Waals surface area contributed by atoms with Gasteiger partial charge in [0.1, 0.15) is 17.3 Å². The highest BCUT2D eigenvalue weighted by molar-refractivity contribution is 7.87. The number of carbonyl (C=O) groups excluding carboxylic acids is 2. The topological polar surface area (TPSA) is 117 Å². The van der Waals surface area contributed by atoms with E-state index in [0.717, 1.165) is 0 Å². The van der Waals surface area contributed by atoms with Crippen LogP contribution in [0.1, 0.15) is 41.5 Å². The second-order valence-electron chi connectivity index (χ2n) is 8.10. The minimum absolute atomic E-state index is 0.681. The number of nitrogens with one attached hydrogen (secondary N) is 1. The summed E-state index contributed by atoms with van der Waals surface area (Å²) < 4.78 is 80.3. The lowest BCUT2D eigenvalue weighted by Crippen LogP contribution is -2.65. The first-order chi connectivity index (χ1) is 12.3. The number of carbonyl (C=O) groups is 2. The molecule has 1 N–H and O–H groups in total. The van der Waals surface area contributed by atoms with Crippen LogP contribution < -0.4 is 5.32 Å². The highest BCUT2D eigenvalue weighted by Gasteiger charge is 2.60. The van der Waals surface area contributed by atoms with Gasteiger partial charge in [-0.05, 0) is 41.5 Å². The first kappa shape index (κ1) is 24.4. The van der Waals surface area contributed by atoms with Crippen molar-refractivity contribution >= 4 is 22.2 Å². The molecule has 0 aromatic rings. The monoisotopic (exact) mass is 435 g/mol. The van der Waals surface area contributed by atoms with E-state index in [4.69, 9.17) is 14.2 Å². The summed E-state index contributed by atoms with van der Waals surface area (Å²) in [6, 6.07) is 0. The lowest BCUT2D eigenvalue weighted by atomic mass is 9.95. The molecule has 1 aliphatic heterocycles. The number of rotatable bonds is 4. The van der Waals surface area contributed by atoms with Crippen LogP contribution in [0.2, 0.25) is 0 Å². The van der Waals surface area contributed by atoms with Gasteiger partial charge in [0.2, 0.25) is 0 Å². The summed E-state index contributed by atoms with van der Waals surface area (Å²) in [7, 11) is -6.08. The quantitative estimate of drug-likeness (QED) is 0.404. The average Bonchev–Trinajstić information content (AvgIpc) is 2.76. The van der Waals surface area contributed by atoms with Crippen molar-refractivity contribution in [1.29, 1.82) is 0 Å². The van der Waals surface area contributed by atoms with E-state index in [2.05, 4.69) is 9.50 Å². The van der Waals surface area contributed by atoms with Gasteiger partial charge in [0, 0.05) is 0 Å². The molecule has 1 saturated heterocycles. The first-order valence-electron chi connectivity index (χ1n) is 8.11. The van der Waals surface area contributed by atoms with Crippen molar-refractivity contribution in [2.24, 2.45) is 0 Å². The Balaban J connectivity index is 3.29. The maximum absolute atomic E-state index is 12.7. The zero-order valence-electron chi connectivity index (χ0n) is 16.3. The van der Waals surface area contributed by atoms with Crippen molar-refractivity contribution in [2.75, 3.05) is 13.2 Å². The predicted molar refractivity (Wildman–Crippen MR) is 88.6 cm³/mol. The molecular formula is C15H24F3NO8S. The second-order valence-corrected chi connectivity index (χ2v) is 9.66. The van der Waals surface area contributed by atoms with Crippen LogP contribution in [-0.2, 0) is 33.3 Å². The van der Waals surface area contributed by atoms with Crippen LogP contribution in [0.4, 0.5) is 18.0 Å². The highest BCUT2D eigenvalue weighted by Crippen LogP contribution is 2.33. The van der Waals surface area contributed by atoms with Gasteiger partial charge >= 0.3 is 27.7 Å². The fraction of sp³-hybridized carbons (Fsp3) is 0.867. The molecule has 0 aliphatic carbocycles. The van der Waals surface area contributed by atoms with E-state index in [9.17, 15) is 31.2 Å². The van der Waals surface area contributed by atoms with Crippen LogP contribution in [-0.4, -0.2) is 62.0 Å². The molecule has 2 atom stereocenters. The van der Waals surface area contributed by atoms with Gasteiger partial charge < -0.3 is 19.5 Å². The van der Waals surface area contributed by atoms with Crippen molar-refractivity contribution in [2.45, 2.75) is 69.9 Å². The molecule has 28 heavy (non-hydrogen) atoms. The molecule has 0 radical (unpaired) electrons. The first-order valence-corrected chi connectivity index (χ1v) is 9.52. The van der Waals surface area contributed by atoms with E-state index in [1.54, 1.807) is 0 Å². The van der Waals surface area contributed by atoms with Crippen molar-refractivity contribution < 1.29 is 49.6 Å². The van der Waals surface area contributed by atoms with Gasteiger partial charge in [-0.3, -0.25) is 4.18 Å². The van der Waals surface area contributed by atoms with Crippen LogP contribution >= 0.6 is 0 Å². The molecule has 1 heterocycles. The molecule has 0 bridgehead atoms. The molecule has 9 nitrogen and oxygen atoms in total. The van der Waals surface area contributed by atoms with E-state index in [0.29, 0.717) is 0 Å². The van der Waals surface area contributed by atoms with Crippen molar-refractivity contribution in [1.82, 2.24) is 5.32 Å². The standard InChI is InChI=1S/C15H24F3NO8S/c1-12(2,3)25-10(20)14(19-11(21)26-13(4,5)6)8-24-7-9(14)27-28(22,23)15(16,17)18/h9H,7-8H2,1-6H3,(H,19,21). The third kappa shape index (κ3) is 6.21. The average molecular weight is 435 g/mol. The number of hydrogen-bond donors (Lipinski definition) is 1. The second kappa shape index (κ2) is 7.67. The predicted octanol–water partition coefficient (Wildman–Crippen LogP) is 1.86. The maximum atomic E-state index is 12.7. The molecule has 2 unspecified atom stereocenters. The summed E-state index contributed by atoms with van der Waals surface area (Å²) in [4.78, 5) is 24.9. The third-order valence-corrected chi connectivity index (χ3v) is 4.21. The Kier molecular flexibility index (Phi) is 6.70. The fourth-order valence-corrected chi connectivity index (χ4v) is 2.73. The summed E-state index contributed by atoms with van der Waals surface area (Å²) in [5.41, 5.74) is -10.2. The Hall–Kier alpha value is -1.60. The van der Waals surface area contributed by atoms with Crippen LogP contribution in [0, 0.1) is 0 Å². The Morgan fingerprint density at radius 3 is 1.96 bits per heavy atom. The van der Waals surface area contributed by atoms with Gasteiger partial charge in [0.25, 0.3) is 0 Å². The molecule has 1 fully saturated rings. The molecule has 164 valence electrons. The lowest BCUT2D eigenvalue weighted by Gasteiger charge is -2.34. The van der Waals surface area contributed by atoms with Crippen LogP contribution in [0.15, 0.2) is 0 Å². The summed E-state index contributed by atoms with van der Waals surface area (Å²) >= 11 is 0. The van der Waals surface area contributed by atoms with Crippen molar-refractivity contribution in [3.05, 3.63) is 0 Å². The number of ether oxygens (including phenoxy) is 3. The molecule has 13 heteroatoms. The normalized spacial score (nSPS) is 24.0. The lowest BCUT2D eigenvalue weighted by molar-refractivity contribution is -0.166. The molecule has 0 spiro atoms. The van der Waals surface area contributed by atoms with Gasteiger partial charge in [-0.15, -0.1) is 0 Å². The Morgan fingerprint density at radius 1 is 1.04 bits per heavy atom. The SMILES string of the molecule is CC(C)(C)OC(=O)NC1(C(=O)OC(C)(C)C)COCC1OS(=O)(=O)C(F)(F)F. The van der Waals surface area contributed by atoms with Crippen molar-refractivity contribution in [3.63, 3.8) is 0 Å². The molecule has 0 aromatic heterocycles. The Morgan fingerprint density at radius 2 is 1.54 bits per heavy atom. The molecular weight excluding hydrogens is 411 g/mol. The maximum Gasteiger partial charge on any atom is 0.523 e. The van der Waals surface area contributed by atoms with E-state index >= 15 is 0 Å². The Bertz CT molecular complexity index is 708. The highest BCUT2D eigenvalue weighted by atomic mass is 32.2. The molecule has 0 saturated carbocycles. The zero-order valence-corrected chi connectivity index (χ0v) is 17.1. The van der Waals surface area contributed by atoms with Gasteiger partial charge in [0.05, 0.1) is 13.2 Å². The molecule has 1 aliphatic rings. The summed E-state index contributed by atoms with van der Waals surface area (Å²) in [6.07, 6.45) is -3.22. The number of alkyl halides is 3. The minimum atomic E-state index is -6.08. The number of alkyl carbamates (subject to hydrolysis) is 1. The number of amides is 1. The van der Waals surface area contributed by atoms with Crippen molar-refractivity contribution in [3.8, 4) is 0 Å². The van der Waals surface area contributed by atoms with Crippen LogP contribution in [0.25, 0.3) is 0 Å². The summed E-state index contributed by atoms with van der Waals surface area (Å²) in [5.74, 6) is -1.23. The van der Waals surface area contributed by atoms with E-state index < -0.39 is 63.7 Å².